The lowest BCUT2D eigenvalue weighted by Gasteiger charge is -2.08. The van der Waals surface area contributed by atoms with E-state index in [0.29, 0.717) is 13.0 Å². The number of carboxylic acids is 1. The lowest BCUT2D eigenvalue weighted by molar-refractivity contribution is 0.0685. The fourth-order valence-electron chi connectivity index (χ4n) is 1.98. The molecule has 0 atom stereocenters. The third kappa shape index (κ3) is 2.59. The highest BCUT2D eigenvalue weighted by Crippen LogP contribution is 2.12. The van der Waals surface area contributed by atoms with Crippen LogP contribution in [0.3, 0.4) is 0 Å². The molecule has 0 saturated carbocycles. The van der Waals surface area contributed by atoms with E-state index in [1.165, 1.54) is 12.1 Å². The zero-order valence-electron chi connectivity index (χ0n) is 10.1. The molecular formula is C14H14FNO2. The standard InChI is InChI=1S/C14H14FNO2/c1-10-9-12(15)5-4-11(10)6-8-16-7-2-3-13(16)14(17)18/h2-5,7,9H,6,8H2,1H3,(H,17,18). The van der Waals surface area contributed by atoms with Crippen LogP contribution in [-0.2, 0) is 13.0 Å². The molecule has 2 aromatic rings. The van der Waals surface area contributed by atoms with Gasteiger partial charge in [0.1, 0.15) is 11.5 Å². The van der Waals surface area contributed by atoms with Gasteiger partial charge in [0.25, 0.3) is 0 Å². The van der Waals surface area contributed by atoms with Crippen LogP contribution in [0.15, 0.2) is 36.5 Å². The summed E-state index contributed by atoms with van der Waals surface area (Å²) in [4.78, 5) is 10.9. The van der Waals surface area contributed by atoms with E-state index in [4.69, 9.17) is 5.11 Å². The fraction of sp³-hybridized carbons (Fsp3) is 0.214. The van der Waals surface area contributed by atoms with Crippen molar-refractivity contribution in [1.29, 1.82) is 0 Å². The number of hydrogen-bond acceptors (Lipinski definition) is 1. The minimum Gasteiger partial charge on any atom is -0.477 e. The Morgan fingerprint density at radius 2 is 2.17 bits per heavy atom. The maximum absolute atomic E-state index is 12.9. The minimum absolute atomic E-state index is 0.247. The molecular weight excluding hydrogens is 233 g/mol. The number of nitrogens with zero attached hydrogens (tertiary/aromatic N) is 1. The maximum Gasteiger partial charge on any atom is 0.352 e. The first-order valence-electron chi connectivity index (χ1n) is 5.71. The van der Waals surface area contributed by atoms with E-state index in [1.807, 2.05) is 6.92 Å². The zero-order valence-corrected chi connectivity index (χ0v) is 10.1. The Morgan fingerprint density at radius 1 is 1.39 bits per heavy atom. The number of aromatic carboxylic acids is 1. The first-order chi connectivity index (χ1) is 8.58. The second-order valence-electron chi connectivity index (χ2n) is 4.21. The normalized spacial score (nSPS) is 10.6. The van der Waals surface area contributed by atoms with Crippen molar-refractivity contribution in [3.8, 4) is 0 Å². The van der Waals surface area contributed by atoms with Crippen molar-refractivity contribution >= 4 is 5.97 Å². The predicted molar refractivity (Wildman–Crippen MR) is 66.2 cm³/mol. The van der Waals surface area contributed by atoms with E-state index < -0.39 is 5.97 Å². The average Bonchev–Trinajstić information content (AvgIpc) is 2.76. The first kappa shape index (κ1) is 12.4. The van der Waals surface area contributed by atoms with E-state index >= 15 is 0 Å². The number of aromatic nitrogens is 1. The number of aryl methyl sites for hydroxylation is 3. The molecule has 0 saturated heterocycles. The first-order valence-corrected chi connectivity index (χ1v) is 5.71. The summed E-state index contributed by atoms with van der Waals surface area (Å²) in [6.45, 7) is 2.42. The van der Waals surface area contributed by atoms with Crippen molar-refractivity contribution in [3.05, 3.63) is 59.2 Å². The molecule has 4 heteroatoms. The molecule has 0 aliphatic heterocycles. The van der Waals surface area contributed by atoms with Crippen molar-refractivity contribution in [2.24, 2.45) is 0 Å². The van der Waals surface area contributed by atoms with Crippen molar-refractivity contribution in [1.82, 2.24) is 4.57 Å². The molecule has 0 aliphatic carbocycles. The van der Waals surface area contributed by atoms with Gasteiger partial charge < -0.3 is 9.67 Å². The van der Waals surface area contributed by atoms with Gasteiger partial charge in [-0.1, -0.05) is 6.07 Å². The number of hydrogen-bond donors (Lipinski definition) is 1. The lowest BCUT2D eigenvalue weighted by atomic mass is 10.1. The summed E-state index contributed by atoms with van der Waals surface area (Å²) in [6.07, 6.45) is 2.42. The van der Waals surface area contributed by atoms with Gasteiger partial charge in [0.05, 0.1) is 0 Å². The van der Waals surface area contributed by atoms with Gasteiger partial charge in [-0.2, -0.15) is 0 Å². The van der Waals surface area contributed by atoms with Gasteiger partial charge in [-0.15, -0.1) is 0 Å². The molecule has 18 heavy (non-hydrogen) atoms. The summed E-state index contributed by atoms with van der Waals surface area (Å²) in [7, 11) is 0. The highest BCUT2D eigenvalue weighted by atomic mass is 19.1. The number of benzene rings is 1. The second kappa shape index (κ2) is 5.04. The van der Waals surface area contributed by atoms with Crippen LogP contribution in [0, 0.1) is 12.7 Å². The van der Waals surface area contributed by atoms with E-state index in [-0.39, 0.29) is 11.5 Å². The molecule has 1 heterocycles. The van der Waals surface area contributed by atoms with Crippen molar-refractivity contribution in [3.63, 3.8) is 0 Å². The molecule has 1 aromatic carbocycles. The van der Waals surface area contributed by atoms with Crippen molar-refractivity contribution in [2.75, 3.05) is 0 Å². The van der Waals surface area contributed by atoms with Crippen LogP contribution in [0.1, 0.15) is 21.6 Å². The molecule has 0 bridgehead atoms. The molecule has 1 aromatic heterocycles. The molecule has 94 valence electrons. The summed E-state index contributed by atoms with van der Waals surface area (Å²) < 4.78 is 14.6. The Kier molecular flexibility index (Phi) is 3.46. The van der Waals surface area contributed by atoms with Crippen molar-refractivity contribution in [2.45, 2.75) is 19.9 Å². The molecule has 1 N–H and O–H groups in total. The maximum atomic E-state index is 12.9. The SMILES string of the molecule is Cc1cc(F)ccc1CCn1cccc1C(=O)O. The van der Waals surface area contributed by atoms with E-state index in [9.17, 15) is 9.18 Å². The quantitative estimate of drug-likeness (QED) is 0.902. The summed E-state index contributed by atoms with van der Waals surface area (Å²) in [5.41, 5.74) is 2.19. The van der Waals surface area contributed by atoms with Crippen LogP contribution in [-0.4, -0.2) is 15.6 Å². The van der Waals surface area contributed by atoms with E-state index in [2.05, 4.69) is 0 Å². The van der Waals surface area contributed by atoms with Crippen molar-refractivity contribution < 1.29 is 14.3 Å². The van der Waals surface area contributed by atoms with Gasteiger partial charge in [0.15, 0.2) is 0 Å². The highest BCUT2D eigenvalue weighted by Gasteiger charge is 2.08. The smallest absolute Gasteiger partial charge is 0.352 e. The topological polar surface area (TPSA) is 42.2 Å². The number of rotatable bonds is 4. The predicted octanol–water partition coefficient (Wildman–Crippen LogP) is 2.88. The van der Waals surface area contributed by atoms with E-state index in [0.717, 1.165) is 11.1 Å². The largest absolute Gasteiger partial charge is 0.477 e. The monoisotopic (exact) mass is 247 g/mol. The number of carbonyl (C=O) groups is 1. The van der Waals surface area contributed by atoms with Gasteiger partial charge >= 0.3 is 5.97 Å². The molecule has 0 fully saturated rings. The molecule has 0 unspecified atom stereocenters. The lowest BCUT2D eigenvalue weighted by Crippen LogP contribution is -2.09. The third-order valence-corrected chi connectivity index (χ3v) is 2.98. The summed E-state index contributed by atoms with van der Waals surface area (Å²) >= 11 is 0. The number of carboxylic acid groups (broad SMARTS) is 1. The van der Waals surface area contributed by atoms with Gasteiger partial charge in [0, 0.05) is 12.7 Å². The van der Waals surface area contributed by atoms with Crippen LogP contribution in [0.4, 0.5) is 4.39 Å². The van der Waals surface area contributed by atoms with Crippen LogP contribution in [0.25, 0.3) is 0 Å². The molecule has 0 amide bonds. The summed E-state index contributed by atoms with van der Waals surface area (Å²) in [5.74, 6) is -1.18. The van der Waals surface area contributed by atoms with Gasteiger partial charge in [0.2, 0.25) is 0 Å². The number of halogens is 1. The minimum atomic E-state index is -0.934. The zero-order chi connectivity index (χ0) is 13.1. The molecule has 0 spiro atoms. The highest BCUT2D eigenvalue weighted by molar-refractivity contribution is 5.85. The van der Waals surface area contributed by atoms with Crippen LogP contribution >= 0.6 is 0 Å². The Hall–Kier alpha value is -2.10. The van der Waals surface area contributed by atoms with Gasteiger partial charge in [-0.25, -0.2) is 9.18 Å². The molecule has 3 nitrogen and oxygen atoms in total. The molecule has 0 radical (unpaired) electrons. The Labute approximate surface area is 104 Å². The van der Waals surface area contributed by atoms with Crippen LogP contribution < -0.4 is 0 Å². The Morgan fingerprint density at radius 3 is 2.83 bits per heavy atom. The van der Waals surface area contributed by atoms with Crippen LogP contribution in [0.2, 0.25) is 0 Å². The second-order valence-corrected chi connectivity index (χ2v) is 4.21. The summed E-state index contributed by atoms with van der Waals surface area (Å²) in [5, 5.41) is 8.97. The molecule has 2 rings (SSSR count). The Balaban J connectivity index is 2.11. The van der Waals surface area contributed by atoms with Gasteiger partial charge in [-0.05, 0) is 48.7 Å². The average molecular weight is 247 g/mol. The van der Waals surface area contributed by atoms with Crippen LogP contribution in [0.5, 0.6) is 0 Å². The van der Waals surface area contributed by atoms with Gasteiger partial charge in [-0.3, -0.25) is 0 Å². The third-order valence-electron chi connectivity index (χ3n) is 2.98. The summed E-state index contributed by atoms with van der Waals surface area (Å²) in [6, 6.07) is 7.94. The van der Waals surface area contributed by atoms with E-state index in [1.54, 1.807) is 29.0 Å². The Bertz CT molecular complexity index is 575. The molecule has 0 aliphatic rings. The fourth-order valence-corrected chi connectivity index (χ4v) is 1.98.